The van der Waals surface area contributed by atoms with Gasteiger partial charge in [0, 0.05) is 50.4 Å². The highest BCUT2D eigenvalue weighted by molar-refractivity contribution is 5.96. The maximum absolute atomic E-state index is 13.8. The van der Waals surface area contributed by atoms with Gasteiger partial charge < -0.3 is 34.3 Å². The standard InChI is InChI=1S/C36H39N5O6/c1-4-33-37-13-15-40(33)14-12-35(43)41-20-29-32(21-41)47-30-11-9-24(16-31(30)45-3)19-38-34(42)22-46-27-7-5-6-25(17-27)28-18-26(36(44)39-29)10-8-23(28)2/h5-11,13,15-18,29,32H,4,12,14,19-22H2,1-3H3,(H,38,42)(H,39,44)/t29-,32-/m0/s1. The van der Waals surface area contributed by atoms with Crippen molar-refractivity contribution < 1.29 is 28.6 Å². The number of benzene rings is 3. The molecule has 0 aliphatic carbocycles. The topological polar surface area (TPSA) is 124 Å². The van der Waals surface area contributed by atoms with Crippen LogP contribution in [0.1, 0.15) is 40.7 Å². The first-order valence-corrected chi connectivity index (χ1v) is 15.8. The second-order valence-corrected chi connectivity index (χ2v) is 11.8. The molecule has 6 bridgehead atoms. The predicted molar refractivity (Wildman–Crippen MR) is 175 cm³/mol. The third kappa shape index (κ3) is 7.24. The summed E-state index contributed by atoms with van der Waals surface area (Å²) in [6.45, 7) is 5.24. The number of nitrogens with zero attached hydrogens (tertiary/aromatic N) is 3. The van der Waals surface area contributed by atoms with Crippen molar-refractivity contribution in [3.63, 3.8) is 0 Å². The molecule has 11 nitrogen and oxygen atoms in total. The van der Waals surface area contributed by atoms with Crippen LogP contribution in [0, 0.1) is 6.92 Å². The number of rotatable bonds is 5. The molecule has 3 aromatic carbocycles. The maximum Gasteiger partial charge on any atom is 0.258 e. The zero-order chi connectivity index (χ0) is 32.9. The molecule has 3 amide bonds. The van der Waals surface area contributed by atoms with E-state index < -0.39 is 12.1 Å². The van der Waals surface area contributed by atoms with E-state index in [0.29, 0.717) is 48.9 Å². The number of aromatic nitrogens is 2. The number of nitrogens with one attached hydrogen (secondary N) is 2. The number of methoxy groups -OCH3 is 1. The molecule has 4 heterocycles. The summed E-state index contributed by atoms with van der Waals surface area (Å²) < 4.78 is 19.9. The van der Waals surface area contributed by atoms with Crippen LogP contribution in [0.15, 0.2) is 73.1 Å². The lowest BCUT2D eigenvalue weighted by Crippen LogP contribution is -2.45. The Morgan fingerprint density at radius 2 is 1.94 bits per heavy atom. The highest BCUT2D eigenvalue weighted by atomic mass is 16.5. The second kappa shape index (κ2) is 14.0. The first-order valence-electron chi connectivity index (χ1n) is 15.8. The zero-order valence-electron chi connectivity index (χ0n) is 26.8. The molecule has 11 heteroatoms. The van der Waals surface area contributed by atoms with E-state index in [-0.39, 0.29) is 30.9 Å². The van der Waals surface area contributed by atoms with Gasteiger partial charge in [-0.15, -0.1) is 0 Å². The quantitative estimate of drug-likeness (QED) is 0.340. The average molecular weight is 638 g/mol. The summed E-state index contributed by atoms with van der Waals surface area (Å²) in [7, 11) is 1.55. The molecular weight excluding hydrogens is 598 g/mol. The van der Waals surface area contributed by atoms with Gasteiger partial charge in [0.1, 0.15) is 17.7 Å². The second-order valence-electron chi connectivity index (χ2n) is 11.8. The van der Waals surface area contributed by atoms with Crippen LogP contribution in [0.5, 0.6) is 17.2 Å². The number of ether oxygens (including phenoxy) is 3. The number of amides is 3. The molecule has 244 valence electrons. The minimum Gasteiger partial charge on any atom is -0.493 e. The summed E-state index contributed by atoms with van der Waals surface area (Å²) in [6, 6.07) is 17.9. The van der Waals surface area contributed by atoms with E-state index in [1.165, 1.54) is 0 Å². The number of hydrogen-bond acceptors (Lipinski definition) is 7. The number of carbonyl (C=O) groups excluding carboxylic acids is 3. The van der Waals surface area contributed by atoms with Crippen LogP contribution in [0.4, 0.5) is 0 Å². The first kappa shape index (κ1) is 31.7. The minimum atomic E-state index is -0.536. The Morgan fingerprint density at radius 1 is 1.06 bits per heavy atom. The molecule has 3 aliphatic rings. The van der Waals surface area contributed by atoms with Gasteiger partial charge in [0.15, 0.2) is 18.1 Å². The fraction of sp³-hybridized carbons (Fsp3) is 0.333. The average Bonchev–Trinajstić information content (AvgIpc) is 3.72. The van der Waals surface area contributed by atoms with Crippen LogP contribution in [0.2, 0.25) is 0 Å². The van der Waals surface area contributed by atoms with Crippen LogP contribution in [0.3, 0.4) is 0 Å². The Balaban J connectivity index is 1.30. The minimum absolute atomic E-state index is 0.0330. The predicted octanol–water partition coefficient (Wildman–Crippen LogP) is 3.92. The lowest BCUT2D eigenvalue weighted by atomic mass is 9.97. The van der Waals surface area contributed by atoms with Crippen molar-refractivity contribution in [3.8, 4) is 28.4 Å². The molecule has 7 rings (SSSR count). The summed E-state index contributed by atoms with van der Waals surface area (Å²) in [5, 5.41) is 6.04. The molecule has 0 radical (unpaired) electrons. The normalized spacial score (nSPS) is 18.0. The summed E-state index contributed by atoms with van der Waals surface area (Å²) in [5.74, 6) is 1.85. The van der Waals surface area contributed by atoms with E-state index in [1.807, 2.05) is 61.0 Å². The Hall–Kier alpha value is -5.32. The van der Waals surface area contributed by atoms with E-state index in [0.717, 1.165) is 34.5 Å². The fourth-order valence-electron chi connectivity index (χ4n) is 6.03. The maximum atomic E-state index is 13.8. The van der Waals surface area contributed by atoms with E-state index >= 15 is 0 Å². The Kier molecular flexibility index (Phi) is 9.42. The molecule has 47 heavy (non-hydrogen) atoms. The van der Waals surface area contributed by atoms with Gasteiger partial charge in [0.05, 0.1) is 19.7 Å². The van der Waals surface area contributed by atoms with Crippen molar-refractivity contribution in [1.29, 1.82) is 0 Å². The Morgan fingerprint density at radius 3 is 2.77 bits per heavy atom. The molecule has 0 unspecified atom stereocenters. The van der Waals surface area contributed by atoms with Gasteiger partial charge in [-0.25, -0.2) is 4.98 Å². The van der Waals surface area contributed by atoms with Gasteiger partial charge in [0.25, 0.3) is 11.8 Å². The van der Waals surface area contributed by atoms with Crippen molar-refractivity contribution in [2.75, 3.05) is 26.8 Å². The van der Waals surface area contributed by atoms with Gasteiger partial charge in [-0.2, -0.15) is 0 Å². The van der Waals surface area contributed by atoms with E-state index in [9.17, 15) is 14.4 Å². The van der Waals surface area contributed by atoms with E-state index in [4.69, 9.17) is 14.2 Å². The zero-order valence-corrected chi connectivity index (χ0v) is 26.8. The summed E-state index contributed by atoms with van der Waals surface area (Å²) in [4.78, 5) is 46.0. The summed E-state index contributed by atoms with van der Waals surface area (Å²) in [5.41, 5.74) is 4.00. The van der Waals surface area contributed by atoms with E-state index in [2.05, 4.69) is 15.6 Å². The monoisotopic (exact) mass is 637 g/mol. The van der Waals surface area contributed by atoms with Crippen molar-refractivity contribution in [2.24, 2.45) is 0 Å². The molecule has 4 aromatic rings. The number of hydrogen-bond donors (Lipinski definition) is 2. The van der Waals surface area contributed by atoms with Crippen molar-refractivity contribution in [1.82, 2.24) is 25.1 Å². The number of fused-ring (bicyclic) bond motifs is 7. The van der Waals surface area contributed by atoms with Gasteiger partial charge in [0.2, 0.25) is 5.91 Å². The fourth-order valence-corrected chi connectivity index (χ4v) is 6.03. The Labute approximate surface area is 273 Å². The smallest absolute Gasteiger partial charge is 0.258 e. The molecule has 0 spiro atoms. The van der Waals surface area contributed by atoms with Crippen molar-refractivity contribution in [2.45, 2.75) is 51.9 Å². The van der Waals surface area contributed by atoms with Crippen LogP contribution < -0.4 is 24.8 Å². The number of aryl methyl sites for hydroxylation is 3. The molecule has 3 aliphatic heterocycles. The first-order chi connectivity index (χ1) is 22.8. The molecule has 2 atom stereocenters. The van der Waals surface area contributed by atoms with Crippen LogP contribution in [-0.2, 0) is 29.1 Å². The third-order valence-electron chi connectivity index (χ3n) is 8.63. The van der Waals surface area contributed by atoms with Crippen LogP contribution in [0.25, 0.3) is 11.1 Å². The number of imidazole rings is 1. The molecule has 0 saturated carbocycles. The van der Waals surface area contributed by atoms with Crippen molar-refractivity contribution in [3.05, 3.63) is 95.6 Å². The third-order valence-corrected chi connectivity index (χ3v) is 8.63. The van der Waals surface area contributed by atoms with Crippen LogP contribution >= 0.6 is 0 Å². The molecule has 2 N–H and O–H groups in total. The van der Waals surface area contributed by atoms with Gasteiger partial charge in [-0.05, 0) is 65.6 Å². The molecular formula is C36H39N5O6. The summed E-state index contributed by atoms with van der Waals surface area (Å²) in [6.07, 6.45) is 4.17. The molecule has 1 saturated heterocycles. The SMILES string of the molecule is CCc1nccn1CCC(=O)N1C[C@@H]2NC(=O)c3ccc(C)c(c3)-c3cccc(c3)OCC(=O)NCc3ccc(c(OC)c3)O[C@H]2C1. The lowest BCUT2D eigenvalue weighted by Gasteiger charge is -2.23. The highest BCUT2D eigenvalue weighted by Crippen LogP contribution is 2.32. The molecule has 1 aromatic heterocycles. The number of likely N-dealkylation sites (tertiary alicyclic amines) is 1. The van der Waals surface area contributed by atoms with Crippen molar-refractivity contribution >= 4 is 17.7 Å². The Bertz CT molecular complexity index is 1790. The summed E-state index contributed by atoms with van der Waals surface area (Å²) >= 11 is 0. The lowest BCUT2D eigenvalue weighted by molar-refractivity contribution is -0.130. The highest BCUT2D eigenvalue weighted by Gasteiger charge is 2.38. The van der Waals surface area contributed by atoms with Gasteiger partial charge >= 0.3 is 0 Å². The number of carbonyl (C=O) groups is 3. The van der Waals surface area contributed by atoms with Crippen LogP contribution in [-0.4, -0.2) is 71.1 Å². The van der Waals surface area contributed by atoms with Gasteiger partial charge in [-0.1, -0.05) is 31.2 Å². The van der Waals surface area contributed by atoms with Gasteiger partial charge in [-0.3, -0.25) is 14.4 Å². The molecule has 1 fully saturated rings. The largest absolute Gasteiger partial charge is 0.493 e. The van der Waals surface area contributed by atoms with E-state index in [1.54, 1.807) is 42.5 Å².